The summed E-state index contributed by atoms with van der Waals surface area (Å²) in [5, 5.41) is 9.96. The molecule has 3 heterocycles. The van der Waals surface area contributed by atoms with Gasteiger partial charge in [0.15, 0.2) is 5.82 Å². The van der Waals surface area contributed by atoms with Gasteiger partial charge in [-0.15, -0.1) is 0 Å². The van der Waals surface area contributed by atoms with Crippen molar-refractivity contribution in [3.63, 3.8) is 0 Å². The molecule has 0 spiro atoms. The highest BCUT2D eigenvalue weighted by Crippen LogP contribution is 2.17. The van der Waals surface area contributed by atoms with Gasteiger partial charge in [0.05, 0.1) is 6.54 Å². The third-order valence-corrected chi connectivity index (χ3v) is 4.59. The van der Waals surface area contributed by atoms with Crippen LogP contribution in [0.15, 0.2) is 61.1 Å². The number of hydrogen-bond acceptors (Lipinski definition) is 5. The highest BCUT2D eigenvalue weighted by molar-refractivity contribution is 6.05. The summed E-state index contributed by atoms with van der Waals surface area (Å²) in [6.45, 7) is 1.19. The van der Waals surface area contributed by atoms with Gasteiger partial charge in [0.2, 0.25) is 0 Å². The Hall–Kier alpha value is -3.52. The largest absolute Gasteiger partial charge is 0.368 e. The van der Waals surface area contributed by atoms with Gasteiger partial charge in [-0.1, -0.05) is 6.07 Å². The van der Waals surface area contributed by atoms with E-state index in [1.807, 2.05) is 12.1 Å². The summed E-state index contributed by atoms with van der Waals surface area (Å²) in [6, 6.07) is 12.4. The van der Waals surface area contributed by atoms with Gasteiger partial charge in [-0.2, -0.15) is 5.10 Å². The summed E-state index contributed by atoms with van der Waals surface area (Å²) in [5.41, 5.74) is 2.05. The number of benzene rings is 1. The van der Waals surface area contributed by atoms with Gasteiger partial charge in [-0.3, -0.25) is 19.3 Å². The molecule has 0 saturated carbocycles. The second-order valence-electron chi connectivity index (χ2n) is 6.78. The normalized spacial score (nSPS) is 15.8. The summed E-state index contributed by atoms with van der Waals surface area (Å²) in [5.74, 6) is -0.0276. The number of anilines is 2. The zero-order chi connectivity index (χ0) is 20.1. The molecule has 2 N–H and O–H groups in total. The first-order valence-electron chi connectivity index (χ1n) is 9.43. The standard InChI is InChI=1S/C21H21N5O3/c27-20(24-19-8-11-26(25-19)14-15-6-9-22-10-7-15)16-3-1-4-17(13-16)23-21(28)18-5-2-12-29-18/h1,3-4,6-11,13,18H,2,5,12,14H2,(H,23,28)(H,24,25,27). The van der Waals surface area contributed by atoms with Crippen LogP contribution in [0.5, 0.6) is 0 Å². The van der Waals surface area contributed by atoms with Crippen molar-refractivity contribution in [3.05, 3.63) is 72.2 Å². The molecule has 2 aromatic heterocycles. The Labute approximate surface area is 167 Å². The van der Waals surface area contributed by atoms with Crippen LogP contribution in [0.2, 0.25) is 0 Å². The zero-order valence-electron chi connectivity index (χ0n) is 15.7. The molecule has 4 rings (SSSR count). The lowest BCUT2D eigenvalue weighted by molar-refractivity contribution is -0.124. The van der Waals surface area contributed by atoms with Crippen LogP contribution in [-0.2, 0) is 16.1 Å². The van der Waals surface area contributed by atoms with E-state index in [0.717, 1.165) is 12.0 Å². The van der Waals surface area contributed by atoms with Crippen LogP contribution in [0, 0.1) is 0 Å². The molecule has 8 heteroatoms. The number of pyridine rings is 1. The molecule has 1 fully saturated rings. The molecule has 1 atom stereocenters. The Morgan fingerprint density at radius 2 is 2.00 bits per heavy atom. The van der Waals surface area contributed by atoms with E-state index < -0.39 is 6.10 Å². The van der Waals surface area contributed by atoms with Gasteiger partial charge in [0.1, 0.15) is 6.10 Å². The number of aromatic nitrogens is 3. The lowest BCUT2D eigenvalue weighted by atomic mass is 10.1. The van der Waals surface area contributed by atoms with Crippen molar-refractivity contribution in [2.24, 2.45) is 0 Å². The number of amides is 2. The molecule has 0 radical (unpaired) electrons. The van der Waals surface area contributed by atoms with Crippen molar-refractivity contribution in [1.29, 1.82) is 0 Å². The average molecular weight is 391 g/mol. The van der Waals surface area contributed by atoms with Crippen molar-refractivity contribution in [3.8, 4) is 0 Å². The predicted molar refractivity (Wildman–Crippen MR) is 108 cm³/mol. The van der Waals surface area contributed by atoms with E-state index in [-0.39, 0.29) is 11.8 Å². The molecule has 1 unspecified atom stereocenters. The minimum absolute atomic E-state index is 0.185. The minimum atomic E-state index is -0.420. The molecule has 0 bridgehead atoms. The van der Waals surface area contributed by atoms with Crippen LogP contribution < -0.4 is 10.6 Å². The fraction of sp³-hybridized carbons (Fsp3) is 0.238. The second-order valence-corrected chi connectivity index (χ2v) is 6.78. The Kier molecular flexibility index (Phi) is 5.62. The maximum absolute atomic E-state index is 12.6. The molecule has 1 aliphatic heterocycles. The van der Waals surface area contributed by atoms with E-state index in [9.17, 15) is 9.59 Å². The second kappa shape index (κ2) is 8.66. The Balaban J connectivity index is 1.38. The topological polar surface area (TPSA) is 98.1 Å². The molecule has 1 aliphatic rings. The van der Waals surface area contributed by atoms with Gasteiger partial charge in [-0.25, -0.2) is 0 Å². The molecule has 8 nitrogen and oxygen atoms in total. The highest BCUT2D eigenvalue weighted by atomic mass is 16.5. The first-order chi connectivity index (χ1) is 14.2. The number of carbonyl (C=O) groups excluding carboxylic acids is 2. The Morgan fingerprint density at radius 3 is 2.79 bits per heavy atom. The number of carbonyl (C=O) groups is 2. The fourth-order valence-corrected chi connectivity index (χ4v) is 3.13. The van der Waals surface area contributed by atoms with E-state index in [0.29, 0.717) is 36.6 Å². The van der Waals surface area contributed by atoms with Crippen LogP contribution in [0.4, 0.5) is 11.5 Å². The molecule has 0 aliphatic carbocycles. The molecule has 2 amide bonds. The molecule has 148 valence electrons. The maximum atomic E-state index is 12.6. The quantitative estimate of drug-likeness (QED) is 0.673. The lowest BCUT2D eigenvalue weighted by Gasteiger charge is -2.11. The van der Waals surface area contributed by atoms with Crippen LogP contribution in [0.1, 0.15) is 28.8 Å². The smallest absolute Gasteiger partial charge is 0.256 e. The summed E-state index contributed by atoms with van der Waals surface area (Å²) >= 11 is 0. The van der Waals surface area contributed by atoms with E-state index >= 15 is 0 Å². The first-order valence-corrected chi connectivity index (χ1v) is 9.43. The highest BCUT2D eigenvalue weighted by Gasteiger charge is 2.23. The van der Waals surface area contributed by atoms with Crippen LogP contribution in [-0.4, -0.2) is 39.3 Å². The van der Waals surface area contributed by atoms with E-state index in [4.69, 9.17) is 4.74 Å². The van der Waals surface area contributed by atoms with Gasteiger partial charge < -0.3 is 15.4 Å². The summed E-state index contributed by atoms with van der Waals surface area (Å²) in [4.78, 5) is 28.7. The number of hydrogen-bond donors (Lipinski definition) is 2. The van der Waals surface area contributed by atoms with Crippen LogP contribution >= 0.6 is 0 Å². The minimum Gasteiger partial charge on any atom is -0.368 e. The summed E-state index contributed by atoms with van der Waals surface area (Å²) < 4.78 is 7.12. The number of nitrogens with zero attached hydrogens (tertiary/aromatic N) is 3. The Morgan fingerprint density at radius 1 is 1.14 bits per heavy atom. The number of nitrogens with one attached hydrogen (secondary N) is 2. The van der Waals surface area contributed by atoms with E-state index in [1.165, 1.54) is 0 Å². The first kappa shape index (κ1) is 18.8. The number of rotatable bonds is 6. The van der Waals surface area contributed by atoms with Gasteiger partial charge in [0.25, 0.3) is 11.8 Å². The number of ether oxygens (including phenoxy) is 1. The van der Waals surface area contributed by atoms with Crippen LogP contribution in [0.25, 0.3) is 0 Å². The van der Waals surface area contributed by atoms with Gasteiger partial charge in [-0.05, 0) is 48.7 Å². The van der Waals surface area contributed by atoms with Crippen molar-refractivity contribution < 1.29 is 14.3 Å². The van der Waals surface area contributed by atoms with Crippen molar-refractivity contribution in [2.75, 3.05) is 17.2 Å². The maximum Gasteiger partial charge on any atom is 0.256 e. The van der Waals surface area contributed by atoms with Crippen molar-refractivity contribution in [2.45, 2.75) is 25.5 Å². The molecule has 1 saturated heterocycles. The third-order valence-electron chi connectivity index (χ3n) is 4.59. The summed E-state index contributed by atoms with van der Waals surface area (Å²) in [6.07, 6.45) is 6.44. The van der Waals surface area contributed by atoms with E-state index in [2.05, 4.69) is 20.7 Å². The molecular weight excluding hydrogens is 370 g/mol. The zero-order valence-corrected chi connectivity index (χ0v) is 15.7. The van der Waals surface area contributed by atoms with E-state index in [1.54, 1.807) is 53.6 Å². The molecule has 1 aromatic carbocycles. The SMILES string of the molecule is O=C(Nc1ccn(Cc2ccncc2)n1)c1cccc(NC(=O)C2CCCO2)c1. The Bertz CT molecular complexity index is 996. The van der Waals surface area contributed by atoms with Gasteiger partial charge in [0, 0.05) is 42.5 Å². The average Bonchev–Trinajstić information content (AvgIpc) is 3.41. The van der Waals surface area contributed by atoms with Crippen molar-refractivity contribution in [1.82, 2.24) is 14.8 Å². The van der Waals surface area contributed by atoms with Crippen molar-refractivity contribution >= 4 is 23.3 Å². The fourth-order valence-electron chi connectivity index (χ4n) is 3.13. The predicted octanol–water partition coefficient (Wildman–Crippen LogP) is 2.70. The third kappa shape index (κ3) is 4.85. The molecular formula is C21H21N5O3. The van der Waals surface area contributed by atoms with Crippen LogP contribution in [0.3, 0.4) is 0 Å². The van der Waals surface area contributed by atoms with Gasteiger partial charge >= 0.3 is 0 Å². The molecule has 3 aromatic rings. The summed E-state index contributed by atoms with van der Waals surface area (Å²) in [7, 11) is 0. The monoisotopic (exact) mass is 391 g/mol. The molecule has 29 heavy (non-hydrogen) atoms. The lowest BCUT2D eigenvalue weighted by Crippen LogP contribution is -2.27.